The zero-order valence-corrected chi connectivity index (χ0v) is 12.6. The maximum Gasteiger partial charge on any atom is 0.147 e. The Bertz CT molecular complexity index is 534. The Balaban J connectivity index is 1.90. The predicted octanol–water partition coefficient (Wildman–Crippen LogP) is 0.465. The third kappa shape index (κ3) is 3.99. The minimum atomic E-state index is -1.24. The Morgan fingerprint density at radius 3 is 2.41 bits per heavy atom. The van der Waals surface area contributed by atoms with Gasteiger partial charge in [0.25, 0.3) is 0 Å². The highest BCUT2D eigenvalue weighted by molar-refractivity contribution is 5.39. The van der Waals surface area contributed by atoms with Crippen LogP contribution < -0.4 is 5.73 Å². The molecule has 0 saturated carbocycles. The van der Waals surface area contributed by atoms with Crippen molar-refractivity contribution in [3.63, 3.8) is 0 Å². The van der Waals surface area contributed by atoms with E-state index in [-0.39, 0.29) is 0 Å². The maximum atomic E-state index is 10.0. The molecule has 2 rings (SSSR count). The largest absolute Gasteiger partial charge is 0.399 e. The van der Waals surface area contributed by atoms with E-state index in [1.165, 1.54) is 0 Å². The first kappa shape index (κ1) is 16.8. The fraction of sp³-hybridized carbons (Fsp3) is 0.529. The molecule has 1 aliphatic heterocycles. The minimum Gasteiger partial charge on any atom is -0.399 e. The summed E-state index contributed by atoms with van der Waals surface area (Å²) in [5.41, 5.74) is 7.53. The molecule has 1 aromatic carbocycles. The van der Waals surface area contributed by atoms with Gasteiger partial charge in [0.1, 0.15) is 24.4 Å². The molecule has 5 N–H and O–H groups in total. The van der Waals surface area contributed by atoms with Gasteiger partial charge in [0.05, 0.1) is 6.10 Å². The molecule has 5 heteroatoms. The van der Waals surface area contributed by atoms with Crippen LogP contribution in [0.3, 0.4) is 0 Å². The molecule has 1 aliphatic rings. The van der Waals surface area contributed by atoms with Crippen LogP contribution in [0, 0.1) is 11.8 Å². The number of aliphatic hydroxyl groups is 3. The molecule has 5 unspecified atom stereocenters. The fourth-order valence-electron chi connectivity index (χ4n) is 2.64. The number of benzene rings is 1. The third-order valence-electron chi connectivity index (χ3n) is 3.93. The molecular formula is C17H23NO4. The first-order chi connectivity index (χ1) is 10.5. The summed E-state index contributed by atoms with van der Waals surface area (Å²) >= 11 is 0. The van der Waals surface area contributed by atoms with Crippen molar-refractivity contribution < 1.29 is 20.1 Å². The Kier molecular flexibility index (Phi) is 5.81. The smallest absolute Gasteiger partial charge is 0.147 e. The first-order valence-corrected chi connectivity index (χ1v) is 7.49. The van der Waals surface area contributed by atoms with Crippen LogP contribution in [0.2, 0.25) is 0 Å². The molecule has 1 saturated heterocycles. The van der Waals surface area contributed by atoms with Gasteiger partial charge in [-0.2, -0.15) is 0 Å². The Morgan fingerprint density at radius 2 is 1.77 bits per heavy atom. The predicted molar refractivity (Wildman–Crippen MR) is 83.9 cm³/mol. The Morgan fingerprint density at radius 1 is 1.09 bits per heavy atom. The molecule has 1 aromatic rings. The van der Waals surface area contributed by atoms with Gasteiger partial charge in [-0.3, -0.25) is 0 Å². The highest BCUT2D eigenvalue weighted by Crippen LogP contribution is 2.24. The van der Waals surface area contributed by atoms with Gasteiger partial charge in [-0.15, -0.1) is 5.92 Å². The van der Waals surface area contributed by atoms with Crippen molar-refractivity contribution in [2.75, 3.05) is 5.73 Å². The summed E-state index contributed by atoms with van der Waals surface area (Å²) in [5, 5.41) is 29.8. The van der Waals surface area contributed by atoms with Gasteiger partial charge in [-0.1, -0.05) is 18.1 Å². The topological polar surface area (TPSA) is 95.9 Å². The summed E-state index contributed by atoms with van der Waals surface area (Å²) in [5.74, 6) is 5.39. The van der Waals surface area contributed by atoms with Gasteiger partial charge in [0.15, 0.2) is 0 Å². The van der Waals surface area contributed by atoms with Crippen LogP contribution in [0.25, 0.3) is 0 Å². The number of ether oxygens (including phenoxy) is 1. The van der Waals surface area contributed by atoms with Crippen LogP contribution in [0.4, 0.5) is 5.69 Å². The summed E-state index contributed by atoms with van der Waals surface area (Å²) in [6.45, 7) is 1.64. The number of aryl methyl sites for hydroxylation is 1. The normalized spacial score (nSPS) is 31.4. The highest BCUT2D eigenvalue weighted by Gasteiger charge is 2.42. The van der Waals surface area contributed by atoms with E-state index in [4.69, 9.17) is 10.5 Å². The third-order valence-corrected chi connectivity index (χ3v) is 3.93. The maximum absolute atomic E-state index is 10.0. The summed E-state index contributed by atoms with van der Waals surface area (Å²) < 4.78 is 5.63. The van der Waals surface area contributed by atoms with E-state index in [9.17, 15) is 15.3 Å². The minimum absolute atomic E-state index is 0.530. The molecule has 0 bridgehead atoms. The standard InChI is InChI=1S/C17H23NO4/c1-2-4-13-15(19)17(21)16(20)14(22-13)6-3-5-11-7-9-12(18)10-8-11/h7-10,13-17,19-21H,3,5-6,18H2,1H3. The molecule has 0 radical (unpaired) electrons. The lowest BCUT2D eigenvalue weighted by atomic mass is 9.92. The first-order valence-electron chi connectivity index (χ1n) is 7.49. The van der Waals surface area contributed by atoms with Gasteiger partial charge in [-0.05, 0) is 43.9 Å². The van der Waals surface area contributed by atoms with E-state index in [0.29, 0.717) is 6.42 Å². The van der Waals surface area contributed by atoms with Gasteiger partial charge in [-0.25, -0.2) is 0 Å². The van der Waals surface area contributed by atoms with Crippen LogP contribution >= 0.6 is 0 Å². The molecule has 22 heavy (non-hydrogen) atoms. The molecule has 0 amide bonds. The molecule has 120 valence electrons. The number of rotatable bonds is 4. The monoisotopic (exact) mass is 305 g/mol. The lowest BCUT2D eigenvalue weighted by Crippen LogP contribution is -2.57. The van der Waals surface area contributed by atoms with Crippen molar-refractivity contribution in [2.24, 2.45) is 0 Å². The lowest BCUT2D eigenvalue weighted by Gasteiger charge is -2.38. The second-order valence-corrected chi connectivity index (χ2v) is 5.60. The van der Waals surface area contributed by atoms with Crippen molar-refractivity contribution >= 4 is 5.69 Å². The average Bonchev–Trinajstić information content (AvgIpc) is 2.51. The van der Waals surface area contributed by atoms with Crippen molar-refractivity contribution in [2.45, 2.75) is 56.7 Å². The molecule has 1 fully saturated rings. The molecule has 0 spiro atoms. The van der Waals surface area contributed by atoms with E-state index < -0.39 is 30.5 Å². The number of nitrogen functional groups attached to an aromatic ring is 1. The van der Waals surface area contributed by atoms with Crippen LogP contribution in [0.1, 0.15) is 25.3 Å². The lowest BCUT2D eigenvalue weighted by molar-refractivity contribution is -0.208. The number of nitrogens with two attached hydrogens (primary N) is 1. The number of hydrogen-bond acceptors (Lipinski definition) is 5. The van der Waals surface area contributed by atoms with E-state index in [2.05, 4.69) is 11.8 Å². The highest BCUT2D eigenvalue weighted by atomic mass is 16.5. The molecule has 0 aliphatic carbocycles. The number of anilines is 1. The van der Waals surface area contributed by atoms with Crippen LogP contribution in [0.15, 0.2) is 24.3 Å². The van der Waals surface area contributed by atoms with Crippen molar-refractivity contribution in [3.05, 3.63) is 29.8 Å². The number of aliphatic hydroxyl groups excluding tert-OH is 3. The van der Waals surface area contributed by atoms with Gasteiger partial charge >= 0.3 is 0 Å². The van der Waals surface area contributed by atoms with Gasteiger partial charge in [0.2, 0.25) is 0 Å². The fourth-order valence-corrected chi connectivity index (χ4v) is 2.64. The molecular weight excluding hydrogens is 282 g/mol. The molecule has 5 nitrogen and oxygen atoms in total. The van der Waals surface area contributed by atoms with Crippen molar-refractivity contribution in [3.8, 4) is 11.8 Å². The molecule has 1 heterocycles. The van der Waals surface area contributed by atoms with E-state index in [0.717, 1.165) is 24.1 Å². The van der Waals surface area contributed by atoms with E-state index >= 15 is 0 Å². The average molecular weight is 305 g/mol. The van der Waals surface area contributed by atoms with E-state index in [1.807, 2.05) is 24.3 Å². The second-order valence-electron chi connectivity index (χ2n) is 5.60. The summed E-state index contributed by atoms with van der Waals surface area (Å²) in [6.07, 6.45) is -2.61. The van der Waals surface area contributed by atoms with Gasteiger partial charge < -0.3 is 25.8 Å². The Labute approximate surface area is 130 Å². The Hall–Kier alpha value is -1.58. The quantitative estimate of drug-likeness (QED) is 0.479. The summed E-state index contributed by atoms with van der Waals surface area (Å²) in [6, 6.07) is 7.65. The summed E-state index contributed by atoms with van der Waals surface area (Å²) in [7, 11) is 0. The van der Waals surface area contributed by atoms with Gasteiger partial charge in [0, 0.05) is 5.69 Å². The summed E-state index contributed by atoms with van der Waals surface area (Å²) in [4.78, 5) is 0. The zero-order chi connectivity index (χ0) is 16.1. The van der Waals surface area contributed by atoms with Crippen molar-refractivity contribution in [1.29, 1.82) is 0 Å². The zero-order valence-electron chi connectivity index (χ0n) is 12.6. The molecule has 5 atom stereocenters. The van der Waals surface area contributed by atoms with Crippen LogP contribution in [-0.2, 0) is 11.2 Å². The SMILES string of the molecule is CC#CC1OC(CCCc2ccc(N)cc2)C(O)C(O)C1O. The van der Waals surface area contributed by atoms with E-state index in [1.54, 1.807) is 6.92 Å². The van der Waals surface area contributed by atoms with Crippen LogP contribution in [-0.4, -0.2) is 45.8 Å². The second kappa shape index (κ2) is 7.61. The van der Waals surface area contributed by atoms with Crippen LogP contribution in [0.5, 0.6) is 0 Å². The van der Waals surface area contributed by atoms with Crippen molar-refractivity contribution in [1.82, 2.24) is 0 Å². The molecule has 0 aromatic heterocycles. The number of hydrogen-bond donors (Lipinski definition) is 4.